The van der Waals surface area contributed by atoms with Crippen molar-refractivity contribution < 1.29 is 19.4 Å². The predicted molar refractivity (Wildman–Crippen MR) is 77.4 cm³/mol. The summed E-state index contributed by atoms with van der Waals surface area (Å²) in [6.07, 6.45) is 3.07. The van der Waals surface area contributed by atoms with Crippen LogP contribution < -0.4 is 4.90 Å². The van der Waals surface area contributed by atoms with Crippen LogP contribution in [-0.2, 0) is 14.3 Å². The van der Waals surface area contributed by atoms with Crippen molar-refractivity contribution in [3.05, 3.63) is 40.9 Å². The molecule has 2 saturated heterocycles. The average molecular weight is 350 g/mol. The fraction of sp³-hybridized carbons (Fsp3) is 0.333. The third kappa shape index (κ3) is 1.58. The molecule has 0 aromatic heterocycles. The molecule has 3 aliphatic heterocycles. The van der Waals surface area contributed by atoms with Crippen molar-refractivity contribution in [1.29, 1.82) is 0 Å². The summed E-state index contributed by atoms with van der Waals surface area (Å²) in [7, 11) is 0. The van der Waals surface area contributed by atoms with E-state index in [1.807, 2.05) is 6.07 Å². The number of hydrogen-bond acceptors (Lipinski definition) is 4. The van der Waals surface area contributed by atoms with Crippen LogP contribution >= 0.6 is 15.9 Å². The van der Waals surface area contributed by atoms with Gasteiger partial charge in [0, 0.05) is 4.47 Å². The Labute approximate surface area is 129 Å². The number of halogens is 1. The third-order valence-corrected chi connectivity index (χ3v) is 4.96. The lowest BCUT2D eigenvalue weighted by atomic mass is 9.77. The van der Waals surface area contributed by atoms with Gasteiger partial charge in [0.15, 0.2) is 0 Å². The number of aliphatic hydroxyl groups excluding tert-OH is 1. The highest BCUT2D eigenvalue weighted by Gasteiger charge is 2.67. The van der Waals surface area contributed by atoms with Gasteiger partial charge in [0.2, 0.25) is 11.8 Å². The molecule has 0 unspecified atom stereocenters. The number of rotatable bonds is 2. The maximum atomic E-state index is 12.7. The van der Waals surface area contributed by atoms with Crippen molar-refractivity contribution >= 4 is 33.4 Å². The van der Waals surface area contributed by atoms with E-state index in [-0.39, 0.29) is 18.4 Å². The van der Waals surface area contributed by atoms with E-state index in [0.717, 1.165) is 4.47 Å². The second-order valence-corrected chi connectivity index (χ2v) is 6.47. The second-order valence-electron chi connectivity index (χ2n) is 5.55. The molecule has 0 radical (unpaired) electrons. The van der Waals surface area contributed by atoms with Gasteiger partial charge in [-0.15, -0.1) is 0 Å². The largest absolute Gasteiger partial charge is 0.393 e. The number of amides is 2. The van der Waals surface area contributed by atoms with E-state index in [2.05, 4.69) is 15.9 Å². The molecule has 1 aromatic rings. The van der Waals surface area contributed by atoms with Crippen LogP contribution in [0.15, 0.2) is 40.9 Å². The van der Waals surface area contributed by atoms with Crippen molar-refractivity contribution in [3.63, 3.8) is 0 Å². The van der Waals surface area contributed by atoms with Gasteiger partial charge in [-0.05, 0) is 18.2 Å². The number of nitrogens with zero attached hydrogens (tertiary/aromatic N) is 1. The Morgan fingerprint density at radius 2 is 2.14 bits per heavy atom. The molecule has 0 aliphatic carbocycles. The van der Waals surface area contributed by atoms with Crippen LogP contribution in [0.4, 0.5) is 5.69 Å². The summed E-state index contributed by atoms with van der Waals surface area (Å²) >= 11 is 3.34. The molecule has 3 aliphatic rings. The summed E-state index contributed by atoms with van der Waals surface area (Å²) in [5, 5.41) is 9.63. The summed E-state index contributed by atoms with van der Waals surface area (Å²) in [6, 6.07) is 7.07. The monoisotopic (exact) mass is 349 g/mol. The minimum absolute atomic E-state index is 0.257. The number of carbonyl (C=O) groups is 2. The standard InChI is InChI=1S/C15H12BrNO4/c16-8-2-1-3-9(6-8)17-13(19)11-10-4-5-15(7-18,21-10)12(11)14(17)20/h1-6,10-12,18H,7H2/t10-,11+,12-,15-/m0/s1. The molecule has 21 heavy (non-hydrogen) atoms. The van der Waals surface area contributed by atoms with Gasteiger partial charge >= 0.3 is 0 Å². The first-order valence-electron chi connectivity index (χ1n) is 6.69. The lowest BCUT2D eigenvalue weighted by Crippen LogP contribution is -2.43. The molecule has 2 bridgehead atoms. The van der Waals surface area contributed by atoms with Crippen molar-refractivity contribution in [2.75, 3.05) is 11.5 Å². The van der Waals surface area contributed by atoms with Crippen LogP contribution in [-0.4, -0.2) is 35.2 Å². The van der Waals surface area contributed by atoms with Crippen LogP contribution in [0.5, 0.6) is 0 Å². The Hall–Kier alpha value is -1.50. The van der Waals surface area contributed by atoms with Gasteiger partial charge in [0.25, 0.3) is 0 Å². The summed E-state index contributed by atoms with van der Waals surface area (Å²) in [6.45, 7) is -0.299. The number of hydrogen-bond donors (Lipinski definition) is 1. The van der Waals surface area contributed by atoms with Gasteiger partial charge in [-0.2, -0.15) is 0 Å². The van der Waals surface area contributed by atoms with E-state index in [1.54, 1.807) is 30.4 Å². The molecule has 5 nitrogen and oxygen atoms in total. The Morgan fingerprint density at radius 1 is 1.33 bits per heavy atom. The molecule has 0 saturated carbocycles. The lowest BCUT2D eigenvalue weighted by molar-refractivity contribution is -0.128. The zero-order valence-electron chi connectivity index (χ0n) is 10.9. The van der Waals surface area contributed by atoms with Crippen molar-refractivity contribution in [3.8, 4) is 0 Å². The molecule has 108 valence electrons. The molecule has 1 aromatic carbocycles. The molecule has 4 atom stereocenters. The van der Waals surface area contributed by atoms with Crippen molar-refractivity contribution in [2.24, 2.45) is 11.8 Å². The van der Waals surface area contributed by atoms with Gasteiger partial charge in [-0.25, -0.2) is 4.90 Å². The van der Waals surface area contributed by atoms with Crippen molar-refractivity contribution in [1.82, 2.24) is 0 Å². The fourth-order valence-electron chi connectivity index (χ4n) is 3.55. The quantitative estimate of drug-likeness (QED) is 0.644. The Kier molecular flexibility index (Phi) is 2.67. The Bertz CT molecular complexity index is 688. The summed E-state index contributed by atoms with van der Waals surface area (Å²) in [4.78, 5) is 26.6. The van der Waals surface area contributed by atoms with Crippen molar-refractivity contribution in [2.45, 2.75) is 11.7 Å². The number of aliphatic hydroxyl groups is 1. The minimum Gasteiger partial charge on any atom is -0.393 e. The molecule has 1 N–H and O–H groups in total. The van der Waals surface area contributed by atoms with Gasteiger partial charge in [-0.3, -0.25) is 9.59 Å². The fourth-order valence-corrected chi connectivity index (χ4v) is 3.94. The van der Waals surface area contributed by atoms with Gasteiger partial charge in [0.05, 0.1) is 30.2 Å². The first kappa shape index (κ1) is 13.2. The molecular formula is C15H12BrNO4. The van der Waals surface area contributed by atoms with Crippen LogP contribution in [0.25, 0.3) is 0 Å². The van der Waals surface area contributed by atoms with Crippen LogP contribution in [0.2, 0.25) is 0 Å². The predicted octanol–water partition coefficient (Wildman–Crippen LogP) is 1.25. The molecule has 3 heterocycles. The molecular weight excluding hydrogens is 338 g/mol. The normalized spacial score (nSPS) is 36.7. The van der Waals surface area contributed by atoms with Gasteiger partial charge < -0.3 is 9.84 Å². The van der Waals surface area contributed by atoms with E-state index in [4.69, 9.17) is 4.74 Å². The highest BCUT2D eigenvalue weighted by Crippen LogP contribution is 2.52. The van der Waals surface area contributed by atoms with Gasteiger partial charge in [-0.1, -0.05) is 34.1 Å². The van der Waals surface area contributed by atoms with E-state index in [1.165, 1.54) is 4.90 Å². The molecule has 6 heteroatoms. The first-order chi connectivity index (χ1) is 10.1. The smallest absolute Gasteiger partial charge is 0.241 e. The molecule has 0 spiro atoms. The Balaban J connectivity index is 1.79. The topological polar surface area (TPSA) is 66.8 Å². The summed E-state index contributed by atoms with van der Waals surface area (Å²) in [5.74, 6) is -1.73. The van der Waals surface area contributed by atoms with Crippen LogP contribution in [0.1, 0.15) is 0 Å². The molecule has 2 fully saturated rings. The summed E-state index contributed by atoms with van der Waals surface area (Å²) < 4.78 is 6.48. The van der Waals surface area contributed by atoms with E-state index in [0.29, 0.717) is 5.69 Å². The zero-order valence-corrected chi connectivity index (χ0v) is 12.5. The van der Waals surface area contributed by atoms with Crippen LogP contribution in [0, 0.1) is 11.8 Å². The SMILES string of the molecule is O=C1[C@@H]2[C@@H]3C=C[C@@](CO)(O3)[C@@H]2C(=O)N1c1cccc(Br)c1. The number of fused-ring (bicyclic) bond motifs is 5. The van der Waals surface area contributed by atoms with Crippen LogP contribution in [0.3, 0.4) is 0 Å². The minimum atomic E-state index is -1.04. The average Bonchev–Trinajstić information content (AvgIpc) is 3.10. The number of benzene rings is 1. The van der Waals surface area contributed by atoms with E-state index >= 15 is 0 Å². The summed E-state index contributed by atoms with van der Waals surface area (Å²) in [5.41, 5.74) is -0.496. The number of carbonyl (C=O) groups excluding carboxylic acids is 2. The maximum absolute atomic E-state index is 12.7. The maximum Gasteiger partial charge on any atom is 0.241 e. The number of anilines is 1. The van der Waals surface area contributed by atoms with E-state index in [9.17, 15) is 14.7 Å². The number of ether oxygens (including phenoxy) is 1. The Morgan fingerprint density at radius 3 is 2.86 bits per heavy atom. The zero-order chi connectivity index (χ0) is 14.8. The highest BCUT2D eigenvalue weighted by molar-refractivity contribution is 9.10. The highest BCUT2D eigenvalue weighted by atomic mass is 79.9. The first-order valence-corrected chi connectivity index (χ1v) is 7.48. The molecule has 2 amide bonds. The third-order valence-electron chi connectivity index (χ3n) is 4.47. The lowest BCUT2D eigenvalue weighted by Gasteiger charge is -2.26. The van der Waals surface area contributed by atoms with E-state index < -0.39 is 23.5 Å². The molecule has 4 rings (SSSR count). The number of imide groups is 1. The second kappa shape index (κ2) is 4.25. The van der Waals surface area contributed by atoms with Gasteiger partial charge in [0.1, 0.15) is 5.60 Å².